The second kappa shape index (κ2) is 8.82. The largest absolute Gasteiger partial charge is 0.355 e. The fourth-order valence-corrected chi connectivity index (χ4v) is 3.75. The Morgan fingerprint density at radius 1 is 0.966 bits per heavy atom. The van der Waals surface area contributed by atoms with Crippen molar-refractivity contribution in [1.29, 1.82) is 0 Å². The predicted octanol–water partition coefficient (Wildman–Crippen LogP) is 3.63. The third-order valence-corrected chi connectivity index (χ3v) is 5.52. The van der Waals surface area contributed by atoms with Crippen LogP contribution in [0.3, 0.4) is 0 Å². The van der Waals surface area contributed by atoms with E-state index in [1.807, 2.05) is 19.1 Å². The maximum absolute atomic E-state index is 12.7. The number of pyridine rings is 1. The van der Waals surface area contributed by atoms with Gasteiger partial charge in [0, 0.05) is 43.8 Å². The van der Waals surface area contributed by atoms with Crippen LogP contribution in [0, 0.1) is 5.92 Å². The Morgan fingerprint density at radius 2 is 1.66 bits per heavy atom. The number of amides is 1. The van der Waals surface area contributed by atoms with Crippen molar-refractivity contribution in [1.82, 2.24) is 20.3 Å². The molecule has 0 aliphatic carbocycles. The average molecular weight is 387 g/mol. The summed E-state index contributed by atoms with van der Waals surface area (Å²) in [6.45, 7) is 3.69. The fourth-order valence-electron chi connectivity index (χ4n) is 3.75. The number of carbonyl (C=O) groups excluding carboxylic acids is 1. The van der Waals surface area contributed by atoms with E-state index in [9.17, 15) is 4.79 Å². The minimum atomic E-state index is -0.0213. The third-order valence-electron chi connectivity index (χ3n) is 5.52. The van der Waals surface area contributed by atoms with Gasteiger partial charge in [-0.15, -0.1) is 0 Å². The number of nitrogens with one attached hydrogen (secondary N) is 1. The quantitative estimate of drug-likeness (QED) is 0.724. The van der Waals surface area contributed by atoms with Gasteiger partial charge in [0.1, 0.15) is 5.82 Å². The number of carbonyl (C=O) groups is 1. The molecule has 29 heavy (non-hydrogen) atoms. The van der Waals surface area contributed by atoms with Crippen LogP contribution in [0.1, 0.15) is 31.4 Å². The predicted molar refractivity (Wildman–Crippen MR) is 113 cm³/mol. The van der Waals surface area contributed by atoms with Crippen LogP contribution in [0.4, 0.5) is 5.82 Å². The first-order chi connectivity index (χ1) is 14.2. The molecule has 1 amide bonds. The zero-order chi connectivity index (χ0) is 20.1. The molecule has 1 fully saturated rings. The van der Waals surface area contributed by atoms with Crippen LogP contribution in [0.15, 0.2) is 67.4 Å². The lowest BCUT2D eigenvalue weighted by Crippen LogP contribution is -2.41. The van der Waals surface area contributed by atoms with E-state index in [1.54, 1.807) is 31.0 Å². The molecule has 0 radical (unpaired) electrons. The molecule has 1 aliphatic heterocycles. The normalized spacial score (nSPS) is 15.7. The Morgan fingerprint density at radius 3 is 2.31 bits per heavy atom. The monoisotopic (exact) mass is 387 g/mol. The van der Waals surface area contributed by atoms with Crippen molar-refractivity contribution in [3.05, 3.63) is 72.9 Å². The van der Waals surface area contributed by atoms with Gasteiger partial charge in [0.05, 0.1) is 12.2 Å². The number of benzene rings is 1. The molecule has 1 N–H and O–H groups in total. The van der Waals surface area contributed by atoms with Crippen molar-refractivity contribution in [2.75, 3.05) is 18.0 Å². The van der Waals surface area contributed by atoms with Crippen molar-refractivity contribution in [3.63, 3.8) is 0 Å². The smallest absolute Gasteiger partial charge is 0.223 e. The van der Waals surface area contributed by atoms with E-state index in [4.69, 9.17) is 0 Å². The lowest BCUT2D eigenvalue weighted by molar-refractivity contribution is -0.126. The summed E-state index contributed by atoms with van der Waals surface area (Å²) in [4.78, 5) is 27.5. The molecule has 1 atom stereocenters. The summed E-state index contributed by atoms with van der Waals surface area (Å²) in [5, 5.41) is 3.18. The average Bonchev–Trinajstić information content (AvgIpc) is 2.80. The van der Waals surface area contributed by atoms with Gasteiger partial charge in [0.25, 0.3) is 0 Å². The molecule has 1 aromatic carbocycles. The Hall–Kier alpha value is -3.28. The maximum Gasteiger partial charge on any atom is 0.223 e. The Balaban J connectivity index is 1.32. The summed E-state index contributed by atoms with van der Waals surface area (Å²) in [6.07, 6.45) is 10.4. The van der Waals surface area contributed by atoms with Gasteiger partial charge >= 0.3 is 0 Å². The zero-order valence-electron chi connectivity index (χ0n) is 16.5. The summed E-state index contributed by atoms with van der Waals surface area (Å²) >= 11 is 0. The van der Waals surface area contributed by atoms with E-state index in [-0.39, 0.29) is 17.9 Å². The first kappa shape index (κ1) is 19.1. The van der Waals surface area contributed by atoms with Crippen molar-refractivity contribution >= 4 is 11.7 Å². The highest BCUT2D eigenvalue weighted by molar-refractivity contribution is 5.79. The molecule has 0 spiro atoms. The Kier molecular flexibility index (Phi) is 5.79. The first-order valence-corrected chi connectivity index (χ1v) is 10.0. The highest BCUT2D eigenvalue weighted by Crippen LogP contribution is 2.24. The number of anilines is 1. The van der Waals surface area contributed by atoms with E-state index >= 15 is 0 Å². The van der Waals surface area contributed by atoms with Gasteiger partial charge < -0.3 is 10.2 Å². The summed E-state index contributed by atoms with van der Waals surface area (Å²) in [5.41, 5.74) is 3.39. The number of hydrogen-bond donors (Lipinski definition) is 1. The molecule has 148 valence electrons. The Labute approximate surface area is 171 Å². The van der Waals surface area contributed by atoms with Gasteiger partial charge in [-0.2, -0.15) is 0 Å². The highest BCUT2D eigenvalue weighted by Gasteiger charge is 2.26. The summed E-state index contributed by atoms with van der Waals surface area (Å²) in [6, 6.07) is 12.3. The molecule has 1 aliphatic rings. The van der Waals surface area contributed by atoms with E-state index in [2.05, 4.69) is 49.4 Å². The van der Waals surface area contributed by atoms with Crippen molar-refractivity contribution in [2.24, 2.45) is 5.92 Å². The molecule has 6 heteroatoms. The SMILES string of the molecule is CC(NC(=O)C1CCN(c2cnccn2)CC1)c1ccc(-c2ccncc2)cc1. The minimum Gasteiger partial charge on any atom is -0.355 e. The fraction of sp³-hybridized carbons (Fsp3) is 0.304. The molecule has 3 heterocycles. The van der Waals surface area contributed by atoms with Crippen molar-refractivity contribution in [2.45, 2.75) is 25.8 Å². The van der Waals surface area contributed by atoms with E-state index in [0.717, 1.165) is 48.4 Å². The molecule has 3 aromatic rings. The van der Waals surface area contributed by atoms with Crippen LogP contribution in [-0.4, -0.2) is 33.9 Å². The van der Waals surface area contributed by atoms with Crippen LogP contribution in [-0.2, 0) is 4.79 Å². The van der Waals surface area contributed by atoms with Crippen LogP contribution < -0.4 is 10.2 Å². The van der Waals surface area contributed by atoms with Crippen molar-refractivity contribution in [3.8, 4) is 11.1 Å². The first-order valence-electron chi connectivity index (χ1n) is 10.0. The Bertz CT molecular complexity index is 923. The van der Waals surface area contributed by atoms with Gasteiger partial charge in [0.15, 0.2) is 0 Å². The lowest BCUT2D eigenvalue weighted by Gasteiger charge is -2.32. The molecule has 0 saturated carbocycles. The number of hydrogen-bond acceptors (Lipinski definition) is 5. The van der Waals surface area contributed by atoms with Gasteiger partial charge in [-0.05, 0) is 48.6 Å². The summed E-state index contributed by atoms with van der Waals surface area (Å²) < 4.78 is 0. The molecule has 6 nitrogen and oxygen atoms in total. The standard InChI is InChI=1S/C23H25N5O/c1-17(18-2-4-19(5-3-18)20-6-10-24-11-7-20)27-23(29)21-8-14-28(15-9-21)22-16-25-12-13-26-22/h2-7,10-13,16-17,21H,8-9,14-15H2,1H3,(H,27,29). The molecule has 1 unspecified atom stereocenters. The van der Waals surface area contributed by atoms with Crippen LogP contribution in [0.2, 0.25) is 0 Å². The highest BCUT2D eigenvalue weighted by atomic mass is 16.1. The van der Waals surface area contributed by atoms with Crippen LogP contribution >= 0.6 is 0 Å². The number of nitrogens with zero attached hydrogens (tertiary/aromatic N) is 4. The zero-order valence-corrected chi connectivity index (χ0v) is 16.5. The molecule has 2 aromatic heterocycles. The van der Waals surface area contributed by atoms with Crippen LogP contribution in [0.25, 0.3) is 11.1 Å². The minimum absolute atomic E-state index is 0.0213. The number of piperidine rings is 1. The molecule has 0 bridgehead atoms. The molecular formula is C23H25N5O. The van der Waals surface area contributed by atoms with Gasteiger partial charge in [-0.1, -0.05) is 24.3 Å². The van der Waals surface area contributed by atoms with Crippen LogP contribution in [0.5, 0.6) is 0 Å². The molecular weight excluding hydrogens is 362 g/mol. The second-order valence-electron chi connectivity index (χ2n) is 7.41. The third kappa shape index (κ3) is 4.59. The maximum atomic E-state index is 12.7. The van der Waals surface area contributed by atoms with E-state index in [0.29, 0.717) is 0 Å². The van der Waals surface area contributed by atoms with E-state index in [1.165, 1.54) is 0 Å². The van der Waals surface area contributed by atoms with Gasteiger partial charge in [-0.25, -0.2) is 4.98 Å². The van der Waals surface area contributed by atoms with Gasteiger partial charge in [0.2, 0.25) is 5.91 Å². The summed E-state index contributed by atoms with van der Waals surface area (Å²) in [5.74, 6) is 1.06. The van der Waals surface area contributed by atoms with Gasteiger partial charge in [-0.3, -0.25) is 14.8 Å². The molecule has 1 saturated heterocycles. The van der Waals surface area contributed by atoms with Crippen molar-refractivity contribution < 1.29 is 4.79 Å². The van der Waals surface area contributed by atoms with E-state index < -0.39 is 0 Å². The topological polar surface area (TPSA) is 71.0 Å². The number of aromatic nitrogens is 3. The number of rotatable bonds is 5. The second-order valence-corrected chi connectivity index (χ2v) is 7.41. The molecule has 4 rings (SSSR count). The lowest BCUT2D eigenvalue weighted by atomic mass is 9.95. The summed E-state index contributed by atoms with van der Waals surface area (Å²) in [7, 11) is 0.